The van der Waals surface area contributed by atoms with E-state index in [0.29, 0.717) is 23.9 Å². The fourth-order valence-electron chi connectivity index (χ4n) is 2.23. The van der Waals surface area contributed by atoms with Crippen molar-refractivity contribution >= 4 is 21.6 Å². The van der Waals surface area contributed by atoms with E-state index in [1.54, 1.807) is 24.3 Å². The minimum Gasteiger partial charge on any atom is -0.373 e. The molecule has 1 aromatic rings. The summed E-state index contributed by atoms with van der Waals surface area (Å²) >= 11 is 5.70. The van der Waals surface area contributed by atoms with E-state index in [4.69, 9.17) is 16.3 Å². The zero-order valence-corrected chi connectivity index (χ0v) is 12.6. The van der Waals surface area contributed by atoms with Gasteiger partial charge >= 0.3 is 0 Å². The third-order valence-electron chi connectivity index (χ3n) is 3.10. The Labute approximate surface area is 119 Å². The van der Waals surface area contributed by atoms with E-state index in [2.05, 4.69) is 0 Å². The Morgan fingerprint density at radius 2 is 1.74 bits per heavy atom. The van der Waals surface area contributed by atoms with Gasteiger partial charge in [0.15, 0.2) is 0 Å². The van der Waals surface area contributed by atoms with Crippen LogP contribution in [-0.4, -0.2) is 38.0 Å². The van der Waals surface area contributed by atoms with Crippen molar-refractivity contribution < 1.29 is 13.2 Å². The Hall–Kier alpha value is -0.620. The van der Waals surface area contributed by atoms with E-state index in [0.717, 1.165) is 5.56 Å². The summed E-state index contributed by atoms with van der Waals surface area (Å²) in [6.07, 6.45) is -0.165. The second kappa shape index (κ2) is 5.79. The number of hydrogen-bond acceptors (Lipinski definition) is 3. The zero-order valence-electron chi connectivity index (χ0n) is 11.0. The van der Waals surface area contributed by atoms with Crippen LogP contribution >= 0.6 is 11.6 Å². The number of halogens is 1. The molecule has 2 rings (SSSR count). The van der Waals surface area contributed by atoms with Crippen molar-refractivity contribution in [3.05, 3.63) is 29.8 Å². The van der Waals surface area contributed by atoms with E-state index in [1.807, 2.05) is 13.8 Å². The van der Waals surface area contributed by atoms with Crippen LogP contribution < -0.4 is 0 Å². The Morgan fingerprint density at radius 3 is 2.21 bits per heavy atom. The molecule has 106 valence electrons. The van der Waals surface area contributed by atoms with Gasteiger partial charge in [-0.2, -0.15) is 4.31 Å². The number of alkyl halides is 1. The van der Waals surface area contributed by atoms with Gasteiger partial charge in [-0.15, -0.1) is 11.6 Å². The van der Waals surface area contributed by atoms with Gasteiger partial charge in [0.05, 0.1) is 17.1 Å². The molecule has 2 unspecified atom stereocenters. The van der Waals surface area contributed by atoms with Crippen LogP contribution in [-0.2, 0) is 20.6 Å². The summed E-state index contributed by atoms with van der Waals surface area (Å²) in [7, 11) is -3.44. The van der Waals surface area contributed by atoms with Gasteiger partial charge < -0.3 is 4.74 Å². The molecule has 4 nitrogen and oxygen atoms in total. The second-order valence-electron chi connectivity index (χ2n) is 4.86. The topological polar surface area (TPSA) is 46.6 Å². The smallest absolute Gasteiger partial charge is 0.243 e. The highest BCUT2D eigenvalue weighted by molar-refractivity contribution is 7.89. The standard InChI is InChI=1S/C13H18ClNO3S/c1-10-8-15(9-11(2)18-10)19(16,17)13-5-3-12(7-14)4-6-13/h3-6,10-11H,7-9H2,1-2H3. The van der Waals surface area contributed by atoms with Crippen LogP contribution in [0, 0.1) is 0 Å². The lowest BCUT2D eigenvalue weighted by Gasteiger charge is -2.34. The largest absolute Gasteiger partial charge is 0.373 e. The monoisotopic (exact) mass is 303 g/mol. The van der Waals surface area contributed by atoms with Crippen LogP contribution in [0.25, 0.3) is 0 Å². The molecule has 0 saturated carbocycles. The molecular weight excluding hydrogens is 286 g/mol. The van der Waals surface area contributed by atoms with Crippen LogP contribution in [0.1, 0.15) is 19.4 Å². The number of rotatable bonds is 3. The first-order valence-corrected chi connectivity index (χ1v) is 8.21. The SMILES string of the molecule is CC1CN(S(=O)(=O)c2ccc(CCl)cc2)CC(C)O1. The highest BCUT2D eigenvalue weighted by atomic mass is 35.5. The first kappa shape index (κ1) is 14.8. The molecular formula is C13H18ClNO3S. The molecule has 1 saturated heterocycles. The summed E-state index contributed by atoms with van der Waals surface area (Å²) in [5.74, 6) is 0.381. The molecule has 1 aromatic carbocycles. The summed E-state index contributed by atoms with van der Waals surface area (Å²) < 4.78 is 32.1. The average Bonchev–Trinajstić information content (AvgIpc) is 2.37. The van der Waals surface area contributed by atoms with Crippen LogP contribution in [0.3, 0.4) is 0 Å². The number of ether oxygens (including phenoxy) is 1. The van der Waals surface area contributed by atoms with Crippen molar-refractivity contribution in [2.75, 3.05) is 13.1 Å². The van der Waals surface area contributed by atoms with Gasteiger partial charge in [0.25, 0.3) is 0 Å². The van der Waals surface area contributed by atoms with E-state index in [9.17, 15) is 8.42 Å². The van der Waals surface area contributed by atoms with Gasteiger partial charge in [-0.3, -0.25) is 0 Å². The van der Waals surface area contributed by atoms with Crippen LogP contribution in [0.15, 0.2) is 29.2 Å². The molecule has 0 N–H and O–H groups in total. The van der Waals surface area contributed by atoms with E-state index in [1.165, 1.54) is 4.31 Å². The number of benzene rings is 1. The normalized spacial score (nSPS) is 25.4. The fraction of sp³-hybridized carbons (Fsp3) is 0.538. The maximum atomic E-state index is 12.5. The third kappa shape index (κ3) is 3.28. The summed E-state index contributed by atoms with van der Waals surface area (Å²) in [4.78, 5) is 0.308. The second-order valence-corrected chi connectivity index (χ2v) is 7.06. The summed E-state index contributed by atoms with van der Waals surface area (Å²) in [5, 5.41) is 0. The summed E-state index contributed by atoms with van der Waals surface area (Å²) in [6, 6.07) is 6.70. The van der Waals surface area contributed by atoms with Crippen LogP contribution in [0.2, 0.25) is 0 Å². The zero-order chi connectivity index (χ0) is 14.0. The quantitative estimate of drug-likeness (QED) is 0.805. The summed E-state index contributed by atoms with van der Waals surface area (Å²) in [5.41, 5.74) is 0.907. The Bertz CT molecular complexity index is 519. The highest BCUT2D eigenvalue weighted by Gasteiger charge is 2.31. The Morgan fingerprint density at radius 1 is 1.21 bits per heavy atom. The van der Waals surface area contributed by atoms with E-state index in [-0.39, 0.29) is 12.2 Å². The molecule has 2 atom stereocenters. The molecule has 19 heavy (non-hydrogen) atoms. The fourth-order valence-corrected chi connectivity index (χ4v) is 4.00. The molecule has 1 aliphatic rings. The van der Waals surface area contributed by atoms with Gasteiger partial charge in [-0.1, -0.05) is 12.1 Å². The predicted octanol–water partition coefficient (Wildman–Crippen LogP) is 2.22. The molecule has 0 amide bonds. The van der Waals surface area contributed by atoms with E-state index < -0.39 is 10.0 Å². The third-order valence-corrected chi connectivity index (χ3v) is 5.26. The van der Waals surface area contributed by atoms with Crippen molar-refractivity contribution in [3.8, 4) is 0 Å². The summed E-state index contributed by atoms with van der Waals surface area (Å²) in [6.45, 7) is 4.55. The van der Waals surface area contributed by atoms with Gasteiger partial charge in [0.1, 0.15) is 0 Å². The number of nitrogens with zero attached hydrogens (tertiary/aromatic N) is 1. The minimum absolute atomic E-state index is 0.0827. The van der Waals surface area contributed by atoms with Gasteiger partial charge in [-0.05, 0) is 31.5 Å². The highest BCUT2D eigenvalue weighted by Crippen LogP contribution is 2.21. The maximum Gasteiger partial charge on any atom is 0.243 e. The molecule has 0 aliphatic carbocycles. The van der Waals surface area contributed by atoms with Crippen molar-refractivity contribution in [1.29, 1.82) is 0 Å². The van der Waals surface area contributed by atoms with Crippen molar-refractivity contribution in [3.63, 3.8) is 0 Å². The minimum atomic E-state index is -3.44. The van der Waals surface area contributed by atoms with Gasteiger partial charge in [-0.25, -0.2) is 8.42 Å². The van der Waals surface area contributed by atoms with E-state index >= 15 is 0 Å². The van der Waals surface area contributed by atoms with Crippen LogP contribution in [0.5, 0.6) is 0 Å². The van der Waals surface area contributed by atoms with Crippen LogP contribution in [0.4, 0.5) is 0 Å². The van der Waals surface area contributed by atoms with Gasteiger partial charge in [0, 0.05) is 19.0 Å². The first-order valence-electron chi connectivity index (χ1n) is 6.24. The maximum absolute atomic E-state index is 12.5. The van der Waals surface area contributed by atoms with Crippen molar-refractivity contribution in [1.82, 2.24) is 4.31 Å². The average molecular weight is 304 g/mol. The van der Waals surface area contributed by atoms with Gasteiger partial charge in [0.2, 0.25) is 10.0 Å². The lowest BCUT2D eigenvalue weighted by Crippen LogP contribution is -2.48. The lowest BCUT2D eigenvalue weighted by atomic mass is 10.2. The Balaban J connectivity index is 2.25. The molecule has 0 radical (unpaired) electrons. The molecule has 0 aromatic heterocycles. The first-order chi connectivity index (χ1) is 8.93. The number of morpholine rings is 1. The Kier molecular flexibility index (Phi) is 4.50. The van der Waals surface area contributed by atoms with Crippen molar-refractivity contribution in [2.24, 2.45) is 0 Å². The molecule has 1 aliphatic heterocycles. The molecule has 0 spiro atoms. The predicted molar refractivity (Wildman–Crippen MR) is 74.8 cm³/mol. The van der Waals surface area contributed by atoms with Crippen molar-refractivity contribution in [2.45, 2.75) is 36.8 Å². The number of hydrogen-bond donors (Lipinski definition) is 0. The molecule has 1 fully saturated rings. The number of sulfonamides is 1. The molecule has 0 bridgehead atoms. The molecule has 1 heterocycles. The molecule has 6 heteroatoms. The lowest BCUT2D eigenvalue weighted by molar-refractivity contribution is -0.0440.